The fourth-order valence-corrected chi connectivity index (χ4v) is 7.15. The molecule has 0 aliphatic heterocycles. The molecule has 2 aromatic heterocycles. The van der Waals surface area contributed by atoms with E-state index >= 15 is 0 Å². The summed E-state index contributed by atoms with van der Waals surface area (Å²) in [7, 11) is 4.16. The Bertz CT molecular complexity index is 2340. The van der Waals surface area contributed by atoms with Crippen LogP contribution in [0.1, 0.15) is 52.7 Å². The zero-order valence-electron chi connectivity index (χ0n) is 36.3. The van der Waals surface area contributed by atoms with E-state index in [-0.39, 0.29) is 36.7 Å². The first-order valence-corrected chi connectivity index (χ1v) is 20.3. The summed E-state index contributed by atoms with van der Waals surface area (Å²) in [6, 6.07) is 16.8. The highest BCUT2D eigenvalue weighted by atomic mass is 16.5. The molecule has 5 aromatic rings. The lowest BCUT2D eigenvalue weighted by molar-refractivity contribution is -0.136. The van der Waals surface area contributed by atoms with Crippen molar-refractivity contribution >= 4 is 45.8 Å². The van der Waals surface area contributed by atoms with E-state index in [9.17, 15) is 19.2 Å². The number of imidazole rings is 2. The number of allylic oxidation sites excluding steroid dienone is 1. The molecule has 0 aliphatic carbocycles. The minimum Gasteiger partial charge on any atom is -0.453 e. The molecule has 4 amide bonds. The Labute approximate surface area is 356 Å². The summed E-state index contributed by atoms with van der Waals surface area (Å²) in [5.41, 5.74) is 6.31. The first-order valence-electron chi connectivity index (χ1n) is 20.3. The van der Waals surface area contributed by atoms with Gasteiger partial charge >= 0.3 is 12.2 Å². The Balaban J connectivity index is 1.33. The maximum absolute atomic E-state index is 13.8. The average molecular weight is 835 g/mol. The van der Waals surface area contributed by atoms with Crippen molar-refractivity contribution in [2.45, 2.75) is 66.2 Å². The van der Waals surface area contributed by atoms with Gasteiger partial charge in [-0.05, 0) is 66.3 Å². The molecule has 3 aromatic carbocycles. The Hall–Kier alpha value is -6.48. The van der Waals surface area contributed by atoms with Crippen molar-refractivity contribution in [3.05, 3.63) is 96.7 Å². The Morgan fingerprint density at radius 2 is 1.49 bits per heavy atom. The summed E-state index contributed by atoms with van der Waals surface area (Å²) in [6.45, 7) is 15.0. The Kier molecular flexibility index (Phi) is 15.8. The summed E-state index contributed by atoms with van der Waals surface area (Å²) in [5, 5.41) is 7.30. The minimum absolute atomic E-state index is 0.0467. The number of hydrogen-bond donors (Lipinski definition) is 4. The van der Waals surface area contributed by atoms with Gasteiger partial charge < -0.3 is 44.6 Å². The number of nitrogens with zero attached hydrogens (tertiary/aromatic N) is 4. The van der Waals surface area contributed by atoms with Crippen LogP contribution in [0.2, 0.25) is 0 Å². The number of H-pyrrole nitrogens is 2. The first kappa shape index (κ1) is 45.6. The Morgan fingerprint density at radius 1 is 0.820 bits per heavy atom. The molecule has 0 aliphatic rings. The molecular formula is C46H58N8O7. The molecule has 5 rings (SSSR count). The number of aromatic nitrogens is 4. The maximum atomic E-state index is 13.8. The number of methoxy groups -OCH3 is 3. The van der Waals surface area contributed by atoms with Crippen molar-refractivity contribution < 1.29 is 33.4 Å². The number of fused-ring (bicyclic) bond motifs is 3. The molecule has 4 N–H and O–H groups in total. The number of aromatic amines is 2. The van der Waals surface area contributed by atoms with Gasteiger partial charge in [-0.1, -0.05) is 81.0 Å². The number of ether oxygens (including phenoxy) is 3. The third-order valence-electron chi connectivity index (χ3n) is 10.2. The van der Waals surface area contributed by atoms with Crippen LogP contribution in [0.4, 0.5) is 9.59 Å². The van der Waals surface area contributed by atoms with E-state index in [0.717, 1.165) is 49.8 Å². The van der Waals surface area contributed by atoms with Crippen LogP contribution in [0.3, 0.4) is 0 Å². The Morgan fingerprint density at radius 3 is 2.15 bits per heavy atom. The number of amides is 4. The number of carbonyl (C=O) groups excluding carboxylic acids is 4. The number of alkyl carbamates (subject to hydrolysis) is 2. The van der Waals surface area contributed by atoms with Crippen molar-refractivity contribution in [1.82, 2.24) is 40.4 Å². The van der Waals surface area contributed by atoms with E-state index < -0.39 is 24.3 Å². The highest BCUT2D eigenvalue weighted by molar-refractivity contribution is 6.05. The molecule has 0 spiro atoms. The van der Waals surface area contributed by atoms with E-state index in [0.29, 0.717) is 37.8 Å². The van der Waals surface area contributed by atoms with Gasteiger partial charge in [-0.15, -0.1) is 6.58 Å². The topological polar surface area (TPSA) is 184 Å². The van der Waals surface area contributed by atoms with Gasteiger partial charge in [-0.3, -0.25) is 9.59 Å². The number of rotatable bonds is 19. The van der Waals surface area contributed by atoms with Crippen molar-refractivity contribution in [2.75, 3.05) is 41.0 Å². The molecule has 1 unspecified atom stereocenters. The molecule has 15 nitrogen and oxygen atoms in total. The molecule has 0 bridgehead atoms. The van der Waals surface area contributed by atoms with Gasteiger partial charge in [0.05, 0.1) is 56.8 Å². The van der Waals surface area contributed by atoms with Crippen LogP contribution < -0.4 is 10.6 Å². The number of hydrogen-bond acceptors (Lipinski definition) is 9. The van der Waals surface area contributed by atoms with Crippen LogP contribution in [-0.2, 0) is 36.9 Å². The number of carbonyl (C=O) groups is 4. The zero-order valence-corrected chi connectivity index (χ0v) is 36.3. The van der Waals surface area contributed by atoms with Crippen molar-refractivity contribution in [3.63, 3.8) is 0 Å². The molecular weight excluding hydrogens is 777 g/mol. The molecule has 0 fully saturated rings. The molecule has 0 saturated heterocycles. The van der Waals surface area contributed by atoms with Gasteiger partial charge in [-0.2, -0.15) is 0 Å². The quantitative estimate of drug-likeness (QED) is 0.0618. The number of benzene rings is 3. The van der Waals surface area contributed by atoms with Gasteiger partial charge in [0.25, 0.3) is 0 Å². The summed E-state index contributed by atoms with van der Waals surface area (Å²) in [6.07, 6.45) is 4.42. The largest absolute Gasteiger partial charge is 0.453 e. The van der Waals surface area contributed by atoms with Gasteiger partial charge in [0, 0.05) is 25.6 Å². The lowest BCUT2D eigenvalue weighted by Gasteiger charge is -2.30. The summed E-state index contributed by atoms with van der Waals surface area (Å²) in [4.78, 5) is 71.4. The van der Waals surface area contributed by atoms with Crippen LogP contribution in [0.5, 0.6) is 0 Å². The van der Waals surface area contributed by atoms with Crippen LogP contribution >= 0.6 is 0 Å². The molecule has 324 valence electrons. The van der Waals surface area contributed by atoms with Crippen molar-refractivity contribution in [2.24, 2.45) is 11.8 Å². The second kappa shape index (κ2) is 21.2. The maximum Gasteiger partial charge on any atom is 0.407 e. The van der Waals surface area contributed by atoms with E-state index in [1.807, 2.05) is 58.9 Å². The third kappa shape index (κ3) is 11.8. The molecule has 15 heteroatoms. The SMILES string of the molecule is C=CCCN(Cc1nc2c(ccc3cc(-c4ccc(-c5cnc(CN(C[C@H](C)COC)C(=O)[C@@H](NC(=O)OC)C(C)C)[nH]5)cc4)ccc32)[nH]1)C(=O)C(C=C(C)C)NC(=O)OC. The van der Waals surface area contributed by atoms with E-state index in [1.165, 1.54) is 14.2 Å². The van der Waals surface area contributed by atoms with E-state index in [1.54, 1.807) is 35.3 Å². The van der Waals surface area contributed by atoms with Gasteiger partial charge in [0.1, 0.15) is 23.7 Å². The second-order valence-electron chi connectivity index (χ2n) is 15.7. The molecule has 0 radical (unpaired) electrons. The monoisotopic (exact) mass is 834 g/mol. The van der Waals surface area contributed by atoms with Crippen molar-refractivity contribution in [3.8, 4) is 22.4 Å². The van der Waals surface area contributed by atoms with Gasteiger partial charge in [0.15, 0.2) is 0 Å². The highest BCUT2D eigenvalue weighted by Crippen LogP contribution is 2.30. The van der Waals surface area contributed by atoms with E-state index in [2.05, 4.69) is 62.5 Å². The highest BCUT2D eigenvalue weighted by Gasteiger charge is 2.31. The predicted molar refractivity (Wildman–Crippen MR) is 236 cm³/mol. The average Bonchev–Trinajstić information content (AvgIpc) is 3.90. The first-order chi connectivity index (χ1) is 29.2. The lowest BCUT2D eigenvalue weighted by Crippen LogP contribution is -2.52. The van der Waals surface area contributed by atoms with Gasteiger partial charge in [-0.25, -0.2) is 19.6 Å². The molecule has 3 atom stereocenters. The summed E-state index contributed by atoms with van der Waals surface area (Å²) >= 11 is 0. The van der Waals surface area contributed by atoms with Crippen LogP contribution in [0.15, 0.2) is 85.1 Å². The normalized spacial score (nSPS) is 12.7. The van der Waals surface area contributed by atoms with Crippen LogP contribution in [-0.4, -0.2) is 107 Å². The fourth-order valence-electron chi connectivity index (χ4n) is 7.15. The van der Waals surface area contributed by atoms with Crippen molar-refractivity contribution in [1.29, 1.82) is 0 Å². The summed E-state index contributed by atoms with van der Waals surface area (Å²) < 4.78 is 14.9. The summed E-state index contributed by atoms with van der Waals surface area (Å²) in [5.74, 6) is 0.594. The standard InChI is InChI=1S/C46H58N8O7/c1-10-11-20-53(43(55)37(21-28(2)3)50-45(57)60-8)26-40-48-36-19-17-34-22-33(16-18-35(34)42(36)51-40)31-12-14-32(15-13-31)38-23-47-39(49-38)25-54(24-30(6)27-59-7)44(56)41(29(4)5)52-46(58)61-9/h10,12-19,21-23,29-30,37,41H,1,11,20,24-27H2,2-9H3,(H,47,49)(H,48,51)(H,50,57)(H,52,58)/t30-,37?,41-/m0/s1. The zero-order chi connectivity index (χ0) is 44.2. The van der Waals surface area contributed by atoms with E-state index in [4.69, 9.17) is 19.2 Å². The fraction of sp³-hybridized carbons (Fsp3) is 0.391. The lowest BCUT2D eigenvalue weighted by atomic mass is 9.99. The molecule has 0 saturated carbocycles. The smallest absolute Gasteiger partial charge is 0.407 e. The molecule has 2 heterocycles. The molecule has 61 heavy (non-hydrogen) atoms. The third-order valence-corrected chi connectivity index (χ3v) is 10.2. The number of nitrogens with one attached hydrogen (secondary N) is 4. The second-order valence-corrected chi connectivity index (χ2v) is 15.7. The van der Waals surface area contributed by atoms with Crippen LogP contribution in [0.25, 0.3) is 44.2 Å². The minimum atomic E-state index is -0.896. The predicted octanol–water partition coefficient (Wildman–Crippen LogP) is 7.36. The van der Waals surface area contributed by atoms with Gasteiger partial charge in [0.2, 0.25) is 11.8 Å². The van der Waals surface area contributed by atoms with Crippen LogP contribution in [0, 0.1) is 11.8 Å².